The van der Waals surface area contributed by atoms with Crippen LogP contribution in [0.2, 0.25) is 0 Å². The lowest BCUT2D eigenvalue weighted by Gasteiger charge is -2.33. The lowest BCUT2D eigenvalue weighted by molar-refractivity contribution is -0.125. The Labute approximate surface area is 213 Å². The van der Waals surface area contributed by atoms with Crippen molar-refractivity contribution in [3.63, 3.8) is 0 Å². The van der Waals surface area contributed by atoms with Crippen molar-refractivity contribution in [1.29, 1.82) is 0 Å². The Hall–Kier alpha value is -4.04. The Kier molecular flexibility index (Phi) is 6.52. The molecule has 2 aromatic heterocycles. The number of hydrogen-bond acceptors (Lipinski definition) is 7. The molecule has 36 heavy (non-hydrogen) atoms. The highest BCUT2D eigenvalue weighted by molar-refractivity contribution is 7.13. The molecule has 0 fully saturated rings. The molecule has 0 N–H and O–H groups in total. The second-order valence-electron chi connectivity index (χ2n) is 8.77. The van der Waals surface area contributed by atoms with E-state index >= 15 is 0 Å². The predicted octanol–water partition coefficient (Wildman–Crippen LogP) is 5.75. The minimum absolute atomic E-state index is 0.151. The summed E-state index contributed by atoms with van der Waals surface area (Å²) in [6.07, 6.45) is 0.916. The first kappa shape index (κ1) is 23.7. The molecule has 1 aliphatic rings. The number of fused-ring (bicyclic) bond motifs is 1. The first-order chi connectivity index (χ1) is 17.4. The van der Waals surface area contributed by atoms with Gasteiger partial charge in [-0.2, -0.15) is 0 Å². The molecule has 4 aromatic rings. The summed E-state index contributed by atoms with van der Waals surface area (Å²) in [5.41, 5.74) is 4.42. The highest BCUT2D eigenvalue weighted by Gasteiger charge is 2.32. The first-order valence-electron chi connectivity index (χ1n) is 11.7. The van der Waals surface area contributed by atoms with Crippen LogP contribution in [-0.4, -0.2) is 34.1 Å². The van der Waals surface area contributed by atoms with Crippen molar-refractivity contribution < 1.29 is 19.1 Å². The third-order valence-corrected chi connectivity index (χ3v) is 6.56. The van der Waals surface area contributed by atoms with Gasteiger partial charge >= 0.3 is 5.97 Å². The number of ether oxygens (including phenoxy) is 2. The predicted molar refractivity (Wildman–Crippen MR) is 139 cm³/mol. The van der Waals surface area contributed by atoms with Gasteiger partial charge in [-0.1, -0.05) is 18.2 Å². The Morgan fingerprint density at radius 2 is 1.97 bits per heavy atom. The van der Waals surface area contributed by atoms with Gasteiger partial charge in [-0.25, -0.2) is 9.78 Å². The molecule has 0 saturated carbocycles. The average Bonchev–Trinajstić information content (AvgIpc) is 3.37. The summed E-state index contributed by atoms with van der Waals surface area (Å²) >= 11 is 1.52. The van der Waals surface area contributed by atoms with Crippen molar-refractivity contribution in [2.24, 2.45) is 0 Å². The quantitative estimate of drug-likeness (QED) is 0.314. The Morgan fingerprint density at radius 1 is 1.11 bits per heavy atom. The van der Waals surface area contributed by atoms with Crippen LogP contribution in [0.5, 0.6) is 5.75 Å². The molecule has 0 saturated heterocycles. The average molecular weight is 500 g/mol. The number of pyridine rings is 1. The fraction of sp³-hybridized carbons (Fsp3) is 0.214. The van der Waals surface area contributed by atoms with Crippen LogP contribution >= 0.6 is 11.3 Å². The molecule has 1 atom stereocenters. The van der Waals surface area contributed by atoms with Gasteiger partial charge in [-0.15, -0.1) is 11.3 Å². The number of esters is 1. The number of carbonyl (C=O) groups excluding carboxylic acids is 2. The molecule has 5 rings (SSSR count). The number of amides is 1. The molecular weight excluding hydrogens is 474 g/mol. The standard InChI is InChI=1S/C28H25N3O4S/c1-17(2)34-28(33)21-8-6-7-19(13-21)15-31-24-14-20(10-11-25(24)35-18(3)27(31)32)23-16-36-26(30-23)22-9-4-5-12-29-22/h4-14,16-18H,15H2,1-3H3. The smallest absolute Gasteiger partial charge is 0.338 e. The Balaban J connectivity index is 1.46. The van der Waals surface area contributed by atoms with E-state index in [1.54, 1.807) is 36.2 Å². The minimum atomic E-state index is -0.618. The van der Waals surface area contributed by atoms with E-state index in [1.165, 1.54) is 11.3 Å². The molecule has 0 bridgehead atoms. The maximum atomic E-state index is 13.2. The second kappa shape index (κ2) is 9.91. The van der Waals surface area contributed by atoms with Crippen molar-refractivity contribution >= 4 is 28.9 Å². The second-order valence-corrected chi connectivity index (χ2v) is 9.63. The van der Waals surface area contributed by atoms with Crippen molar-refractivity contribution in [3.8, 4) is 27.7 Å². The van der Waals surface area contributed by atoms with Crippen molar-refractivity contribution in [2.45, 2.75) is 39.5 Å². The molecule has 0 spiro atoms. The van der Waals surface area contributed by atoms with Crippen LogP contribution < -0.4 is 9.64 Å². The molecule has 1 amide bonds. The Morgan fingerprint density at radius 3 is 2.75 bits per heavy atom. The highest BCUT2D eigenvalue weighted by atomic mass is 32.1. The van der Waals surface area contributed by atoms with E-state index < -0.39 is 6.10 Å². The number of nitrogens with zero attached hydrogens (tertiary/aromatic N) is 3. The maximum absolute atomic E-state index is 13.2. The number of benzene rings is 2. The van der Waals surface area contributed by atoms with Crippen LogP contribution in [-0.2, 0) is 16.1 Å². The van der Waals surface area contributed by atoms with E-state index in [0.717, 1.165) is 27.5 Å². The lowest BCUT2D eigenvalue weighted by Crippen LogP contribution is -2.44. The lowest BCUT2D eigenvalue weighted by atomic mass is 10.1. The summed E-state index contributed by atoms with van der Waals surface area (Å²) in [5.74, 6) is 0.0899. The Bertz CT molecular complexity index is 1420. The largest absolute Gasteiger partial charge is 0.479 e. The highest BCUT2D eigenvalue weighted by Crippen LogP contribution is 2.39. The van der Waals surface area contributed by atoms with Crippen molar-refractivity contribution in [2.75, 3.05) is 4.90 Å². The minimum Gasteiger partial charge on any atom is -0.479 e. The van der Waals surface area contributed by atoms with Gasteiger partial charge in [-0.05, 0) is 68.8 Å². The van der Waals surface area contributed by atoms with Gasteiger partial charge in [0.1, 0.15) is 10.8 Å². The monoisotopic (exact) mass is 499 g/mol. The molecule has 8 heteroatoms. The third-order valence-electron chi connectivity index (χ3n) is 5.70. The van der Waals surface area contributed by atoms with Gasteiger partial charge in [0, 0.05) is 17.1 Å². The number of rotatable bonds is 6. The molecule has 2 aromatic carbocycles. The SMILES string of the molecule is CC(C)OC(=O)c1cccc(CN2C(=O)C(C)Oc3ccc(-c4csc(-c5ccccn5)n4)cc32)c1. The van der Waals surface area contributed by atoms with E-state index in [0.29, 0.717) is 23.5 Å². The third kappa shape index (κ3) is 4.85. The molecule has 182 valence electrons. The van der Waals surface area contributed by atoms with Crippen LogP contribution in [0.4, 0.5) is 5.69 Å². The van der Waals surface area contributed by atoms with E-state index in [1.807, 2.05) is 61.7 Å². The summed E-state index contributed by atoms with van der Waals surface area (Å²) in [6, 6.07) is 18.6. The van der Waals surface area contributed by atoms with Gasteiger partial charge < -0.3 is 14.4 Å². The van der Waals surface area contributed by atoms with Gasteiger partial charge in [0.15, 0.2) is 6.10 Å². The number of hydrogen-bond donors (Lipinski definition) is 0. The zero-order chi connectivity index (χ0) is 25.2. The van der Waals surface area contributed by atoms with E-state index in [2.05, 4.69) is 4.98 Å². The summed E-state index contributed by atoms with van der Waals surface area (Å²) in [4.78, 5) is 36.4. The number of aromatic nitrogens is 2. The van der Waals surface area contributed by atoms with Crippen LogP contribution in [0.1, 0.15) is 36.7 Å². The van der Waals surface area contributed by atoms with Gasteiger partial charge in [-0.3, -0.25) is 9.78 Å². The summed E-state index contributed by atoms with van der Waals surface area (Å²) in [6.45, 7) is 5.65. The topological polar surface area (TPSA) is 81.6 Å². The molecule has 1 unspecified atom stereocenters. The summed E-state index contributed by atoms with van der Waals surface area (Å²) in [7, 11) is 0. The van der Waals surface area contributed by atoms with E-state index in [4.69, 9.17) is 14.5 Å². The van der Waals surface area contributed by atoms with Gasteiger partial charge in [0.05, 0.1) is 35.3 Å². The van der Waals surface area contributed by atoms with Crippen LogP contribution in [0.15, 0.2) is 72.2 Å². The van der Waals surface area contributed by atoms with E-state index in [9.17, 15) is 9.59 Å². The van der Waals surface area contributed by atoms with Crippen LogP contribution in [0.25, 0.3) is 22.0 Å². The summed E-state index contributed by atoms with van der Waals surface area (Å²) in [5, 5.41) is 2.81. The normalized spacial score (nSPS) is 14.9. The van der Waals surface area contributed by atoms with Gasteiger partial charge in [0.2, 0.25) is 0 Å². The fourth-order valence-corrected chi connectivity index (χ4v) is 4.81. The fourth-order valence-electron chi connectivity index (χ4n) is 4.00. The molecule has 3 heterocycles. The number of anilines is 1. The van der Waals surface area contributed by atoms with Crippen LogP contribution in [0.3, 0.4) is 0 Å². The van der Waals surface area contributed by atoms with Crippen molar-refractivity contribution in [3.05, 3.63) is 83.4 Å². The first-order valence-corrected chi connectivity index (χ1v) is 12.6. The molecule has 1 aliphatic heterocycles. The van der Waals surface area contributed by atoms with Crippen LogP contribution in [0, 0.1) is 0 Å². The zero-order valence-corrected chi connectivity index (χ0v) is 21.0. The number of carbonyl (C=O) groups is 2. The van der Waals surface area contributed by atoms with Gasteiger partial charge in [0.25, 0.3) is 5.91 Å². The maximum Gasteiger partial charge on any atom is 0.338 e. The molecular formula is C28H25N3O4S. The summed E-state index contributed by atoms with van der Waals surface area (Å²) < 4.78 is 11.2. The molecule has 0 radical (unpaired) electrons. The van der Waals surface area contributed by atoms with E-state index in [-0.39, 0.29) is 18.0 Å². The van der Waals surface area contributed by atoms with Crippen molar-refractivity contribution in [1.82, 2.24) is 9.97 Å². The molecule has 7 nitrogen and oxygen atoms in total. The molecule has 0 aliphatic carbocycles. The zero-order valence-electron chi connectivity index (χ0n) is 20.2. The number of thiazole rings is 1.